The van der Waals surface area contributed by atoms with Gasteiger partial charge in [-0.25, -0.2) is 9.37 Å². The maximum absolute atomic E-state index is 13.1. The molecule has 5 nitrogen and oxygen atoms in total. The minimum absolute atomic E-state index is 0.0488. The van der Waals surface area contributed by atoms with Crippen molar-refractivity contribution in [2.45, 2.75) is 31.7 Å². The first-order chi connectivity index (χ1) is 12.0. The van der Waals surface area contributed by atoms with Crippen molar-refractivity contribution in [1.82, 2.24) is 10.3 Å². The van der Waals surface area contributed by atoms with E-state index in [2.05, 4.69) is 15.6 Å². The van der Waals surface area contributed by atoms with Crippen LogP contribution in [0.5, 0.6) is 0 Å². The van der Waals surface area contributed by atoms with Crippen molar-refractivity contribution in [3.63, 3.8) is 0 Å². The molecule has 1 heterocycles. The summed E-state index contributed by atoms with van der Waals surface area (Å²) in [5.74, 6) is -0.891. The fourth-order valence-corrected chi connectivity index (χ4v) is 3.66. The van der Waals surface area contributed by atoms with E-state index in [4.69, 9.17) is 11.6 Å². The van der Waals surface area contributed by atoms with E-state index in [1.54, 1.807) is 10.9 Å². The number of anilines is 1. The van der Waals surface area contributed by atoms with Gasteiger partial charge in [0.1, 0.15) is 11.5 Å². The Morgan fingerprint density at radius 1 is 1.24 bits per heavy atom. The zero-order valence-electron chi connectivity index (χ0n) is 13.3. The molecule has 1 aromatic heterocycles. The van der Waals surface area contributed by atoms with Gasteiger partial charge in [0.25, 0.3) is 5.91 Å². The third-order valence-electron chi connectivity index (χ3n) is 4.29. The monoisotopic (exact) mass is 381 g/mol. The maximum Gasteiger partial charge on any atom is 0.270 e. The van der Waals surface area contributed by atoms with E-state index in [0.29, 0.717) is 24.2 Å². The summed E-state index contributed by atoms with van der Waals surface area (Å²) in [5, 5.41) is 7.60. The molecule has 132 valence electrons. The van der Waals surface area contributed by atoms with Gasteiger partial charge in [0.05, 0.1) is 16.2 Å². The van der Waals surface area contributed by atoms with Crippen molar-refractivity contribution >= 4 is 40.4 Å². The van der Waals surface area contributed by atoms with E-state index in [0.717, 1.165) is 12.8 Å². The van der Waals surface area contributed by atoms with E-state index < -0.39 is 5.82 Å². The van der Waals surface area contributed by atoms with Crippen LogP contribution in [0.4, 0.5) is 10.1 Å². The Kier molecular flexibility index (Phi) is 5.65. The van der Waals surface area contributed by atoms with Gasteiger partial charge in [-0.15, -0.1) is 11.3 Å². The number of rotatable bonds is 4. The van der Waals surface area contributed by atoms with Crippen LogP contribution in [0.3, 0.4) is 0 Å². The molecule has 2 amide bonds. The zero-order valence-corrected chi connectivity index (χ0v) is 14.9. The van der Waals surface area contributed by atoms with Gasteiger partial charge in [-0.2, -0.15) is 0 Å². The van der Waals surface area contributed by atoms with E-state index in [1.165, 1.54) is 29.5 Å². The Labute approximate surface area is 153 Å². The highest BCUT2D eigenvalue weighted by Crippen LogP contribution is 2.28. The number of benzene rings is 1. The fraction of sp³-hybridized carbons (Fsp3) is 0.353. The van der Waals surface area contributed by atoms with Crippen molar-refractivity contribution in [3.8, 4) is 0 Å². The predicted molar refractivity (Wildman–Crippen MR) is 95.4 cm³/mol. The fourth-order valence-electron chi connectivity index (χ4n) is 2.91. The molecule has 2 N–H and O–H groups in total. The largest absolute Gasteiger partial charge is 0.348 e. The normalized spacial score (nSPS) is 20.1. The van der Waals surface area contributed by atoms with Crippen LogP contribution in [0.15, 0.2) is 29.1 Å². The summed E-state index contributed by atoms with van der Waals surface area (Å²) >= 11 is 7.31. The highest BCUT2D eigenvalue weighted by molar-refractivity contribution is 7.07. The molecule has 0 bridgehead atoms. The first kappa shape index (κ1) is 17.8. The van der Waals surface area contributed by atoms with Gasteiger partial charge >= 0.3 is 0 Å². The second-order valence-electron chi connectivity index (χ2n) is 6.01. The van der Waals surface area contributed by atoms with E-state index in [9.17, 15) is 14.0 Å². The van der Waals surface area contributed by atoms with Crippen LogP contribution in [0.1, 0.15) is 36.2 Å². The Hall–Kier alpha value is -1.99. The number of aromatic nitrogens is 1. The molecule has 0 atom stereocenters. The lowest BCUT2D eigenvalue weighted by molar-refractivity contribution is -0.120. The van der Waals surface area contributed by atoms with Gasteiger partial charge in [-0.05, 0) is 43.9 Å². The third kappa shape index (κ3) is 4.55. The summed E-state index contributed by atoms with van der Waals surface area (Å²) in [6.07, 6.45) is 2.80. The Bertz CT molecular complexity index is 761. The first-order valence-electron chi connectivity index (χ1n) is 7.98. The van der Waals surface area contributed by atoms with Gasteiger partial charge < -0.3 is 10.6 Å². The summed E-state index contributed by atoms with van der Waals surface area (Å²) in [6.45, 7) is 0. The minimum atomic E-state index is -0.445. The summed E-state index contributed by atoms with van der Waals surface area (Å²) in [7, 11) is 0. The molecule has 0 radical (unpaired) electrons. The summed E-state index contributed by atoms with van der Waals surface area (Å²) < 4.78 is 13.1. The number of nitrogens with one attached hydrogen (secondary N) is 2. The standard InChI is InChI=1S/C17H17ClFN3O2S/c18-13-7-11(19)3-6-14(13)22-16(23)10-1-4-12(5-2-10)21-17(24)15-8-25-9-20-15/h3,6-10,12H,1-2,4-5H2,(H,21,24)(H,22,23)/t10-,12-. The highest BCUT2D eigenvalue weighted by atomic mass is 35.5. The molecular formula is C17H17ClFN3O2S. The topological polar surface area (TPSA) is 71.1 Å². The number of nitrogens with zero attached hydrogens (tertiary/aromatic N) is 1. The average Bonchev–Trinajstić information content (AvgIpc) is 3.13. The first-order valence-corrected chi connectivity index (χ1v) is 9.30. The molecule has 0 unspecified atom stereocenters. The highest BCUT2D eigenvalue weighted by Gasteiger charge is 2.28. The van der Waals surface area contributed by atoms with Crippen molar-refractivity contribution < 1.29 is 14.0 Å². The van der Waals surface area contributed by atoms with Crippen molar-refractivity contribution in [2.24, 2.45) is 5.92 Å². The van der Waals surface area contributed by atoms with Gasteiger partial charge in [-0.1, -0.05) is 11.6 Å². The molecule has 1 saturated carbocycles. The number of carbonyl (C=O) groups is 2. The summed E-state index contributed by atoms with van der Waals surface area (Å²) in [4.78, 5) is 28.4. The molecule has 2 aromatic rings. The minimum Gasteiger partial charge on any atom is -0.348 e. The van der Waals surface area contributed by atoms with Gasteiger partial charge in [0.15, 0.2) is 0 Å². The number of hydrogen-bond acceptors (Lipinski definition) is 4. The zero-order chi connectivity index (χ0) is 17.8. The molecule has 3 rings (SSSR count). The molecule has 0 aliphatic heterocycles. The number of amides is 2. The van der Waals surface area contributed by atoms with Crippen LogP contribution in [0.2, 0.25) is 5.02 Å². The lowest BCUT2D eigenvalue weighted by atomic mass is 9.85. The van der Waals surface area contributed by atoms with Crippen molar-refractivity contribution in [2.75, 3.05) is 5.32 Å². The Morgan fingerprint density at radius 2 is 2.00 bits per heavy atom. The van der Waals surface area contributed by atoms with E-state index >= 15 is 0 Å². The van der Waals surface area contributed by atoms with Crippen LogP contribution in [-0.4, -0.2) is 22.8 Å². The molecule has 1 aliphatic carbocycles. The van der Waals surface area contributed by atoms with Gasteiger partial charge in [0, 0.05) is 17.3 Å². The van der Waals surface area contributed by atoms with Crippen LogP contribution in [0.25, 0.3) is 0 Å². The van der Waals surface area contributed by atoms with Gasteiger partial charge in [-0.3, -0.25) is 9.59 Å². The van der Waals surface area contributed by atoms with Crippen LogP contribution in [0, 0.1) is 11.7 Å². The second-order valence-corrected chi connectivity index (χ2v) is 7.13. The SMILES string of the molecule is O=C(N[C@H]1CC[C@H](C(=O)Nc2ccc(F)cc2Cl)CC1)c1cscn1. The van der Waals surface area contributed by atoms with Crippen LogP contribution >= 0.6 is 22.9 Å². The molecule has 0 spiro atoms. The number of halogens is 2. The number of hydrogen-bond donors (Lipinski definition) is 2. The molecule has 1 aromatic carbocycles. The quantitative estimate of drug-likeness (QED) is 0.844. The lowest BCUT2D eigenvalue weighted by Gasteiger charge is -2.28. The van der Waals surface area contributed by atoms with Crippen molar-refractivity contribution in [1.29, 1.82) is 0 Å². The summed E-state index contributed by atoms with van der Waals surface area (Å²) in [5.41, 5.74) is 2.46. The Morgan fingerprint density at radius 3 is 2.64 bits per heavy atom. The molecule has 8 heteroatoms. The smallest absolute Gasteiger partial charge is 0.270 e. The summed E-state index contributed by atoms with van der Waals surface area (Å²) in [6, 6.07) is 3.93. The molecule has 1 aliphatic rings. The van der Waals surface area contributed by atoms with E-state index in [1.807, 2.05) is 0 Å². The van der Waals surface area contributed by atoms with Crippen molar-refractivity contribution in [3.05, 3.63) is 45.6 Å². The van der Waals surface area contributed by atoms with E-state index in [-0.39, 0.29) is 28.8 Å². The molecule has 25 heavy (non-hydrogen) atoms. The molecule has 0 saturated heterocycles. The third-order valence-corrected chi connectivity index (χ3v) is 5.19. The van der Waals surface area contributed by atoms with Crippen LogP contribution in [-0.2, 0) is 4.79 Å². The second kappa shape index (κ2) is 7.93. The van der Waals surface area contributed by atoms with Gasteiger partial charge in [0.2, 0.25) is 5.91 Å². The molecular weight excluding hydrogens is 365 g/mol. The maximum atomic E-state index is 13.1. The predicted octanol–water partition coefficient (Wildman–Crippen LogP) is 3.86. The lowest BCUT2D eigenvalue weighted by Crippen LogP contribution is -2.39. The molecule has 1 fully saturated rings. The average molecular weight is 382 g/mol. The Balaban J connectivity index is 1.50. The van der Waals surface area contributed by atoms with Crippen LogP contribution < -0.4 is 10.6 Å². The number of carbonyl (C=O) groups excluding carboxylic acids is 2. The number of thiazole rings is 1.